The molecule has 2 aromatic carbocycles. The summed E-state index contributed by atoms with van der Waals surface area (Å²) in [6.07, 6.45) is 2.32. The molecule has 0 atom stereocenters. The smallest absolute Gasteiger partial charge is 0.125 e. The molecule has 104 valence electrons. The van der Waals surface area contributed by atoms with Gasteiger partial charge in [0.1, 0.15) is 5.82 Å². The van der Waals surface area contributed by atoms with Gasteiger partial charge in [0, 0.05) is 24.5 Å². The predicted molar refractivity (Wildman–Crippen MR) is 81.7 cm³/mol. The largest absolute Gasteiger partial charge is 0.385 e. The fourth-order valence-corrected chi connectivity index (χ4v) is 2.76. The summed E-state index contributed by atoms with van der Waals surface area (Å²) in [5.74, 6) is -0.194. The number of rotatable bonds is 3. The second kappa shape index (κ2) is 5.53. The minimum atomic E-state index is -0.194. The van der Waals surface area contributed by atoms with Crippen LogP contribution in [0.1, 0.15) is 23.1 Å². The first-order valence-electron chi connectivity index (χ1n) is 7.08. The molecule has 2 N–H and O–H groups in total. The highest BCUT2D eigenvalue weighted by Crippen LogP contribution is 2.26. The third-order valence-corrected chi connectivity index (χ3v) is 3.69. The molecular formula is C17H19FN2. The molecule has 2 aromatic rings. The van der Waals surface area contributed by atoms with E-state index in [1.165, 1.54) is 35.4 Å². The highest BCUT2D eigenvalue weighted by atomic mass is 19.1. The van der Waals surface area contributed by atoms with Gasteiger partial charge in [0.05, 0.1) is 0 Å². The number of benzene rings is 2. The van der Waals surface area contributed by atoms with Gasteiger partial charge < -0.3 is 10.6 Å². The third kappa shape index (κ3) is 2.77. The van der Waals surface area contributed by atoms with Gasteiger partial charge in [0.15, 0.2) is 0 Å². The average molecular weight is 270 g/mol. The highest BCUT2D eigenvalue weighted by Gasteiger charge is 2.11. The van der Waals surface area contributed by atoms with Crippen molar-refractivity contribution < 1.29 is 4.39 Å². The van der Waals surface area contributed by atoms with Crippen LogP contribution in [0.25, 0.3) is 0 Å². The Morgan fingerprint density at radius 2 is 2.15 bits per heavy atom. The summed E-state index contributed by atoms with van der Waals surface area (Å²) < 4.78 is 13.4. The zero-order valence-electron chi connectivity index (χ0n) is 11.7. The molecule has 1 aliphatic heterocycles. The maximum atomic E-state index is 13.4. The Kier molecular flexibility index (Phi) is 3.59. The van der Waals surface area contributed by atoms with Crippen molar-refractivity contribution in [3.63, 3.8) is 0 Å². The van der Waals surface area contributed by atoms with E-state index in [0.717, 1.165) is 24.2 Å². The molecule has 2 nitrogen and oxygen atoms in total. The van der Waals surface area contributed by atoms with Gasteiger partial charge in [-0.1, -0.05) is 18.2 Å². The van der Waals surface area contributed by atoms with E-state index in [9.17, 15) is 4.39 Å². The molecular weight excluding hydrogens is 251 g/mol. The van der Waals surface area contributed by atoms with Crippen LogP contribution < -0.4 is 10.6 Å². The summed E-state index contributed by atoms with van der Waals surface area (Å²) in [7, 11) is 0. The quantitative estimate of drug-likeness (QED) is 0.877. The Morgan fingerprint density at radius 1 is 1.25 bits per heavy atom. The standard InChI is InChI=1S/C17H19FN2/c1-12-8-15(18)10-16(9-12)20-11-14-5-2-4-13-6-3-7-19-17(13)14/h2,4-5,8-10,19-20H,3,6-7,11H2,1H3. The lowest BCUT2D eigenvalue weighted by Gasteiger charge is -2.21. The molecule has 0 spiro atoms. The van der Waals surface area contributed by atoms with Gasteiger partial charge >= 0.3 is 0 Å². The Morgan fingerprint density at radius 3 is 3.00 bits per heavy atom. The molecule has 0 saturated carbocycles. The molecule has 0 bridgehead atoms. The third-order valence-electron chi connectivity index (χ3n) is 3.69. The van der Waals surface area contributed by atoms with Crippen LogP contribution in [0.15, 0.2) is 36.4 Å². The van der Waals surface area contributed by atoms with Gasteiger partial charge in [-0.05, 0) is 54.7 Å². The number of fused-ring (bicyclic) bond motifs is 1. The minimum Gasteiger partial charge on any atom is -0.385 e. The van der Waals surface area contributed by atoms with Crippen LogP contribution in [0, 0.1) is 12.7 Å². The van der Waals surface area contributed by atoms with Crippen molar-refractivity contribution in [2.75, 3.05) is 17.2 Å². The molecule has 0 amide bonds. The number of nitrogens with one attached hydrogen (secondary N) is 2. The van der Waals surface area contributed by atoms with Crippen LogP contribution >= 0.6 is 0 Å². The number of hydrogen-bond donors (Lipinski definition) is 2. The van der Waals surface area contributed by atoms with Crippen LogP contribution in [0.5, 0.6) is 0 Å². The van der Waals surface area contributed by atoms with Gasteiger partial charge in [0.25, 0.3) is 0 Å². The van der Waals surface area contributed by atoms with Crippen LogP contribution in [0.4, 0.5) is 15.8 Å². The van der Waals surface area contributed by atoms with Crippen molar-refractivity contribution in [1.82, 2.24) is 0 Å². The van der Waals surface area contributed by atoms with Gasteiger partial charge in [-0.3, -0.25) is 0 Å². The number of aryl methyl sites for hydroxylation is 2. The summed E-state index contributed by atoms with van der Waals surface area (Å²) >= 11 is 0. The maximum absolute atomic E-state index is 13.4. The Balaban J connectivity index is 1.78. The Hall–Kier alpha value is -2.03. The van der Waals surface area contributed by atoms with Crippen molar-refractivity contribution in [2.24, 2.45) is 0 Å². The van der Waals surface area contributed by atoms with E-state index in [1.54, 1.807) is 0 Å². The molecule has 3 heteroatoms. The second-order valence-corrected chi connectivity index (χ2v) is 5.35. The van der Waals surface area contributed by atoms with Gasteiger partial charge in [-0.15, -0.1) is 0 Å². The first-order valence-corrected chi connectivity index (χ1v) is 7.08. The molecule has 0 fully saturated rings. The number of para-hydroxylation sites is 1. The molecule has 0 aromatic heterocycles. The summed E-state index contributed by atoms with van der Waals surface area (Å²) in [5, 5.41) is 6.79. The van der Waals surface area contributed by atoms with Crippen LogP contribution in [0.2, 0.25) is 0 Å². The lowest BCUT2D eigenvalue weighted by atomic mass is 9.99. The first-order chi connectivity index (χ1) is 9.72. The van der Waals surface area contributed by atoms with E-state index in [0.29, 0.717) is 6.54 Å². The van der Waals surface area contributed by atoms with Gasteiger partial charge in [-0.2, -0.15) is 0 Å². The van der Waals surface area contributed by atoms with Crippen molar-refractivity contribution in [2.45, 2.75) is 26.3 Å². The van der Waals surface area contributed by atoms with Crippen molar-refractivity contribution >= 4 is 11.4 Å². The lowest BCUT2D eigenvalue weighted by Crippen LogP contribution is -2.15. The second-order valence-electron chi connectivity index (χ2n) is 5.35. The number of hydrogen-bond acceptors (Lipinski definition) is 2. The van der Waals surface area contributed by atoms with E-state index < -0.39 is 0 Å². The molecule has 3 rings (SSSR count). The zero-order chi connectivity index (χ0) is 13.9. The molecule has 0 aliphatic carbocycles. The molecule has 1 heterocycles. The van der Waals surface area contributed by atoms with E-state index in [-0.39, 0.29) is 5.82 Å². The molecule has 20 heavy (non-hydrogen) atoms. The predicted octanol–water partition coefficient (Wildman–Crippen LogP) is 4.10. The van der Waals surface area contributed by atoms with E-state index >= 15 is 0 Å². The topological polar surface area (TPSA) is 24.1 Å². The monoisotopic (exact) mass is 270 g/mol. The van der Waals surface area contributed by atoms with E-state index in [1.807, 2.05) is 13.0 Å². The van der Waals surface area contributed by atoms with Crippen LogP contribution in [0.3, 0.4) is 0 Å². The van der Waals surface area contributed by atoms with Crippen molar-refractivity contribution in [3.05, 3.63) is 58.9 Å². The van der Waals surface area contributed by atoms with E-state index in [4.69, 9.17) is 0 Å². The minimum absolute atomic E-state index is 0.194. The van der Waals surface area contributed by atoms with E-state index in [2.05, 4.69) is 28.8 Å². The summed E-state index contributed by atoms with van der Waals surface area (Å²) in [5.41, 5.74) is 5.63. The Bertz CT molecular complexity index is 602. The average Bonchev–Trinajstić information content (AvgIpc) is 2.44. The maximum Gasteiger partial charge on any atom is 0.125 e. The SMILES string of the molecule is Cc1cc(F)cc(NCc2cccc3c2NCCC3)c1. The molecule has 0 radical (unpaired) electrons. The molecule has 0 unspecified atom stereocenters. The zero-order valence-corrected chi connectivity index (χ0v) is 11.7. The summed E-state index contributed by atoms with van der Waals surface area (Å²) in [4.78, 5) is 0. The normalized spacial score (nSPS) is 13.5. The fraction of sp³-hybridized carbons (Fsp3) is 0.294. The first kappa shape index (κ1) is 13.0. The molecule has 0 saturated heterocycles. The lowest BCUT2D eigenvalue weighted by molar-refractivity contribution is 0.627. The van der Waals surface area contributed by atoms with Crippen LogP contribution in [-0.2, 0) is 13.0 Å². The van der Waals surface area contributed by atoms with Crippen molar-refractivity contribution in [3.8, 4) is 0 Å². The van der Waals surface area contributed by atoms with Gasteiger partial charge in [0.2, 0.25) is 0 Å². The molecule has 1 aliphatic rings. The van der Waals surface area contributed by atoms with Crippen molar-refractivity contribution in [1.29, 1.82) is 0 Å². The summed E-state index contributed by atoms with van der Waals surface area (Å²) in [6, 6.07) is 11.4. The summed E-state index contributed by atoms with van der Waals surface area (Å²) in [6.45, 7) is 3.64. The highest BCUT2D eigenvalue weighted by molar-refractivity contribution is 5.60. The fourth-order valence-electron chi connectivity index (χ4n) is 2.76. The van der Waals surface area contributed by atoms with Gasteiger partial charge in [-0.25, -0.2) is 4.39 Å². The number of halogens is 1. The number of anilines is 2. The Labute approximate surface area is 119 Å². The van der Waals surface area contributed by atoms with Crippen LogP contribution in [-0.4, -0.2) is 6.54 Å².